The summed E-state index contributed by atoms with van der Waals surface area (Å²) in [5.74, 6) is 0.596. The molecular formula is C13H16Cl2N2O3. The van der Waals surface area contributed by atoms with Gasteiger partial charge in [0.2, 0.25) is 0 Å². The summed E-state index contributed by atoms with van der Waals surface area (Å²) in [6.45, 7) is 0.750. The fourth-order valence-corrected chi connectivity index (χ4v) is 3.01. The van der Waals surface area contributed by atoms with E-state index in [1.165, 1.54) is 12.1 Å². The molecule has 1 aromatic carbocycles. The first-order valence-electron chi connectivity index (χ1n) is 6.51. The number of anilines is 1. The summed E-state index contributed by atoms with van der Waals surface area (Å²) < 4.78 is 0. The van der Waals surface area contributed by atoms with Crippen LogP contribution in [-0.2, 0) is 0 Å². The number of nitrogens with one attached hydrogen (secondary N) is 1. The minimum absolute atomic E-state index is 0.0852. The van der Waals surface area contributed by atoms with Crippen molar-refractivity contribution in [1.29, 1.82) is 0 Å². The summed E-state index contributed by atoms with van der Waals surface area (Å²) >= 11 is 11.7. The minimum atomic E-state index is -0.483. The van der Waals surface area contributed by atoms with Gasteiger partial charge in [-0.05, 0) is 30.7 Å². The van der Waals surface area contributed by atoms with E-state index in [0.29, 0.717) is 18.2 Å². The van der Waals surface area contributed by atoms with Crippen LogP contribution in [0, 0.1) is 22.0 Å². The second-order valence-electron chi connectivity index (χ2n) is 5.06. The smallest absolute Gasteiger partial charge is 0.293 e. The van der Waals surface area contributed by atoms with E-state index in [-0.39, 0.29) is 28.3 Å². The highest BCUT2D eigenvalue weighted by molar-refractivity contribution is 6.42. The number of nitrogens with zero attached hydrogens (tertiary/aromatic N) is 1. The van der Waals surface area contributed by atoms with Crippen molar-refractivity contribution in [3.05, 3.63) is 32.3 Å². The Balaban J connectivity index is 2.12. The van der Waals surface area contributed by atoms with Gasteiger partial charge in [-0.2, -0.15) is 0 Å². The summed E-state index contributed by atoms with van der Waals surface area (Å²) in [5.41, 5.74) is 0.283. The third kappa shape index (κ3) is 3.34. The molecule has 2 N–H and O–H groups in total. The molecule has 110 valence electrons. The van der Waals surface area contributed by atoms with Crippen molar-refractivity contribution in [2.24, 2.45) is 11.8 Å². The zero-order valence-electron chi connectivity index (χ0n) is 10.8. The molecule has 2 rings (SSSR count). The quantitative estimate of drug-likeness (QED) is 0.640. The number of aliphatic hydroxyl groups is 1. The number of hydrogen-bond donors (Lipinski definition) is 2. The normalized spacial score (nSPS) is 21.9. The molecule has 1 saturated carbocycles. The Morgan fingerprint density at radius 1 is 1.30 bits per heavy atom. The van der Waals surface area contributed by atoms with Crippen molar-refractivity contribution in [2.45, 2.75) is 19.3 Å². The van der Waals surface area contributed by atoms with Crippen molar-refractivity contribution < 1.29 is 10.0 Å². The molecule has 20 heavy (non-hydrogen) atoms. The van der Waals surface area contributed by atoms with Crippen LogP contribution < -0.4 is 5.32 Å². The molecule has 5 nitrogen and oxygen atoms in total. The van der Waals surface area contributed by atoms with Gasteiger partial charge in [0.25, 0.3) is 5.69 Å². The largest absolute Gasteiger partial charge is 0.396 e. The Bertz CT molecular complexity index is 511. The number of rotatable bonds is 5. The average Bonchev–Trinajstić information content (AvgIpc) is 2.86. The first-order valence-corrected chi connectivity index (χ1v) is 7.26. The fraction of sp³-hybridized carbons (Fsp3) is 0.538. The van der Waals surface area contributed by atoms with Crippen molar-refractivity contribution in [3.8, 4) is 0 Å². The maximum atomic E-state index is 11.0. The van der Waals surface area contributed by atoms with Gasteiger partial charge in [0.05, 0.1) is 15.0 Å². The van der Waals surface area contributed by atoms with Gasteiger partial charge in [-0.15, -0.1) is 0 Å². The van der Waals surface area contributed by atoms with E-state index in [1.54, 1.807) is 0 Å². The predicted octanol–water partition coefficient (Wildman–Crippen LogP) is 3.72. The SMILES string of the molecule is O=[N+]([O-])c1cc(Cl)c(Cl)cc1NCC1CCCC1CO. The van der Waals surface area contributed by atoms with Crippen LogP contribution in [-0.4, -0.2) is 23.2 Å². The van der Waals surface area contributed by atoms with E-state index in [9.17, 15) is 15.2 Å². The summed E-state index contributed by atoms with van der Waals surface area (Å²) in [5, 5.41) is 23.8. The molecule has 0 radical (unpaired) electrons. The number of halogens is 2. The van der Waals surface area contributed by atoms with Gasteiger partial charge in [0.1, 0.15) is 5.69 Å². The molecule has 7 heteroatoms. The van der Waals surface area contributed by atoms with Gasteiger partial charge in [-0.1, -0.05) is 29.6 Å². The molecule has 0 aliphatic heterocycles. The summed E-state index contributed by atoms with van der Waals surface area (Å²) in [7, 11) is 0. The van der Waals surface area contributed by atoms with Crippen LogP contribution in [0.2, 0.25) is 10.0 Å². The van der Waals surface area contributed by atoms with Crippen LogP contribution in [0.25, 0.3) is 0 Å². The molecule has 2 unspecified atom stereocenters. The fourth-order valence-electron chi connectivity index (χ4n) is 2.69. The zero-order chi connectivity index (χ0) is 14.7. The number of nitro groups is 1. The Morgan fingerprint density at radius 3 is 2.60 bits per heavy atom. The van der Waals surface area contributed by atoms with Crippen molar-refractivity contribution >= 4 is 34.6 Å². The van der Waals surface area contributed by atoms with Crippen LogP contribution in [0.1, 0.15) is 19.3 Å². The molecule has 0 heterocycles. The van der Waals surface area contributed by atoms with E-state index < -0.39 is 4.92 Å². The Labute approximate surface area is 127 Å². The van der Waals surface area contributed by atoms with Gasteiger partial charge in [-0.25, -0.2) is 0 Å². The Hall–Kier alpha value is -1.04. The standard InChI is InChI=1S/C13H16Cl2N2O3/c14-10-4-12(13(17(19)20)5-11(10)15)16-6-8-2-1-3-9(8)7-18/h4-5,8-9,16,18H,1-3,6-7H2. The third-order valence-electron chi connectivity index (χ3n) is 3.84. The summed E-state index contributed by atoms with van der Waals surface area (Å²) in [6, 6.07) is 2.73. The topological polar surface area (TPSA) is 75.4 Å². The van der Waals surface area contributed by atoms with Gasteiger partial charge < -0.3 is 10.4 Å². The summed E-state index contributed by atoms with van der Waals surface area (Å²) in [4.78, 5) is 10.5. The minimum Gasteiger partial charge on any atom is -0.396 e. The Morgan fingerprint density at radius 2 is 1.95 bits per heavy atom. The molecule has 0 aromatic heterocycles. The van der Waals surface area contributed by atoms with E-state index >= 15 is 0 Å². The number of aliphatic hydroxyl groups excluding tert-OH is 1. The van der Waals surface area contributed by atoms with Crippen LogP contribution in [0.4, 0.5) is 11.4 Å². The van der Waals surface area contributed by atoms with E-state index in [4.69, 9.17) is 23.2 Å². The highest BCUT2D eigenvalue weighted by atomic mass is 35.5. The highest BCUT2D eigenvalue weighted by Gasteiger charge is 2.27. The first-order chi connectivity index (χ1) is 9.52. The molecule has 0 bridgehead atoms. The summed E-state index contributed by atoms with van der Waals surface area (Å²) in [6.07, 6.45) is 3.11. The van der Waals surface area contributed by atoms with Crippen LogP contribution in [0.15, 0.2) is 12.1 Å². The molecule has 0 spiro atoms. The van der Waals surface area contributed by atoms with Crippen LogP contribution in [0.5, 0.6) is 0 Å². The molecule has 1 aromatic rings. The second kappa shape index (κ2) is 6.61. The maximum Gasteiger partial charge on any atom is 0.293 e. The zero-order valence-corrected chi connectivity index (χ0v) is 12.3. The van der Waals surface area contributed by atoms with Crippen LogP contribution >= 0.6 is 23.2 Å². The number of hydrogen-bond acceptors (Lipinski definition) is 4. The molecule has 1 fully saturated rings. The Kier molecular flexibility index (Phi) is 5.07. The van der Waals surface area contributed by atoms with Crippen LogP contribution in [0.3, 0.4) is 0 Å². The van der Waals surface area contributed by atoms with Crippen molar-refractivity contribution in [3.63, 3.8) is 0 Å². The maximum absolute atomic E-state index is 11.0. The second-order valence-corrected chi connectivity index (χ2v) is 5.87. The van der Waals surface area contributed by atoms with Crippen molar-refractivity contribution in [2.75, 3.05) is 18.5 Å². The molecular weight excluding hydrogens is 303 g/mol. The van der Waals surface area contributed by atoms with Gasteiger partial charge in [0.15, 0.2) is 0 Å². The van der Waals surface area contributed by atoms with Gasteiger partial charge >= 0.3 is 0 Å². The van der Waals surface area contributed by atoms with Gasteiger partial charge in [0, 0.05) is 19.2 Å². The average molecular weight is 319 g/mol. The van der Waals surface area contributed by atoms with E-state index in [1.807, 2.05) is 0 Å². The lowest BCUT2D eigenvalue weighted by Crippen LogP contribution is -2.21. The monoisotopic (exact) mass is 318 g/mol. The predicted molar refractivity (Wildman–Crippen MR) is 79.5 cm³/mol. The highest BCUT2D eigenvalue weighted by Crippen LogP contribution is 2.36. The number of nitro benzene ring substituents is 1. The first kappa shape index (κ1) is 15.4. The van der Waals surface area contributed by atoms with E-state index in [0.717, 1.165) is 19.3 Å². The third-order valence-corrected chi connectivity index (χ3v) is 4.56. The lowest BCUT2D eigenvalue weighted by molar-refractivity contribution is -0.383. The molecule has 0 amide bonds. The lowest BCUT2D eigenvalue weighted by Gasteiger charge is -2.18. The number of benzene rings is 1. The van der Waals surface area contributed by atoms with E-state index in [2.05, 4.69) is 5.32 Å². The molecule has 1 aliphatic rings. The molecule has 0 saturated heterocycles. The molecule has 2 atom stereocenters. The van der Waals surface area contributed by atoms with Crippen molar-refractivity contribution in [1.82, 2.24) is 0 Å². The molecule has 1 aliphatic carbocycles. The van der Waals surface area contributed by atoms with Gasteiger partial charge in [-0.3, -0.25) is 10.1 Å². The lowest BCUT2D eigenvalue weighted by atomic mass is 9.97.